The zero-order valence-corrected chi connectivity index (χ0v) is 6.91. The molecule has 10 heavy (non-hydrogen) atoms. The summed E-state index contributed by atoms with van der Waals surface area (Å²) in [6.07, 6.45) is 0.969. The maximum atomic E-state index is 8.84. The average molecular weight is 160 g/mol. The molecule has 0 unspecified atom stereocenters. The van der Waals surface area contributed by atoms with Crippen LogP contribution in [0.25, 0.3) is 0 Å². The molecule has 1 aliphatic rings. The number of allylic oxidation sites excluding steroid dienone is 1. The van der Waals surface area contributed by atoms with Crippen LogP contribution in [0.3, 0.4) is 0 Å². The molecule has 58 valence electrons. The molecule has 1 heterocycles. The van der Waals surface area contributed by atoms with E-state index in [2.05, 4.69) is 0 Å². The van der Waals surface area contributed by atoms with Crippen LogP contribution in [-0.2, 0) is 4.74 Å². The molecule has 0 fully saturated rings. The van der Waals surface area contributed by atoms with Gasteiger partial charge in [0.15, 0.2) is 0 Å². The lowest BCUT2D eigenvalue weighted by Crippen LogP contribution is -2.08. The molecule has 0 amide bonds. The standard InChI is InChI=1S/C7H12O2S/c1-9-7-2-3-10-5-6(7)4-8/h8H,2-5H2,1H3. The number of hydrogen-bond acceptors (Lipinski definition) is 3. The van der Waals surface area contributed by atoms with Gasteiger partial charge in [0.05, 0.1) is 19.5 Å². The van der Waals surface area contributed by atoms with Gasteiger partial charge in [0.2, 0.25) is 0 Å². The van der Waals surface area contributed by atoms with E-state index >= 15 is 0 Å². The minimum absolute atomic E-state index is 0.149. The van der Waals surface area contributed by atoms with Crippen LogP contribution in [0.1, 0.15) is 6.42 Å². The molecule has 0 spiro atoms. The molecule has 0 aromatic carbocycles. The Balaban J connectivity index is 2.63. The summed E-state index contributed by atoms with van der Waals surface area (Å²) in [6, 6.07) is 0. The summed E-state index contributed by atoms with van der Waals surface area (Å²) in [5.41, 5.74) is 1.05. The van der Waals surface area contributed by atoms with Crippen molar-refractivity contribution in [1.82, 2.24) is 0 Å². The third kappa shape index (κ3) is 1.67. The van der Waals surface area contributed by atoms with Gasteiger partial charge in [-0.25, -0.2) is 0 Å². The first kappa shape index (κ1) is 7.95. The van der Waals surface area contributed by atoms with Gasteiger partial charge in [0, 0.05) is 23.5 Å². The molecule has 1 N–H and O–H groups in total. The van der Waals surface area contributed by atoms with Crippen LogP contribution in [0, 0.1) is 0 Å². The lowest BCUT2D eigenvalue weighted by molar-refractivity contribution is 0.259. The molecule has 1 aliphatic heterocycles. The Bertz CT molecular complexity index is 127. The van der Waals surface area contributed by atoms with Crippen LogP contribution < -0.4 is 0 Å². The first-order valence-electron chi connectivity index (χ1n) is 3.32. The van der Waals surface area contributed by atoms with Crippen molar-refractivity contribution >= 4 is 11.8 Å². The Morgan fingerprint density at radius 2 is 2.50 bits per heavy atom. The second kappa shape index (κ2) is 3.88. The van der Waals surface area contributed by atoms with Crippen molar-refractivity contribution < 1.29 is 9.84 Å². The van der Waals surface area contributed by atoms with Crippen LogP contribution in [0.5, 0.6) is 0 Å². The smallest absolute Gasteiger partial charge is 0.0986 e. The summed E-state index contributed by atoms with van der Waals surface area (Å²) in [5.74, 6) is 3.04. The van der Waals surface area contributed by atoms with Gasteiger partial charge in [-0.1, -0.05) is 0 Å². The number of methoxy groups -OCH3 is 1. The molecule has 0 atom stereocenters. The second-order valence-corrected chi connectivity index (χ2v) is 3.30. The number of aliphatic hydroxyl groups excluding tert-OH is 1. The normalized spacial score (nSPS) is 19.4. The van der Waals surface area contributed by atoms with Gasteiger partial charge in [0.1, 0.15) is 0 Å². The first-order valence-corrected chi connectivity index (χ1v) is 4.47. The number of ether oxygens (including phenoxy) is 1. The summed E-state index contributed by atoms with van der Waals surface area (Å²) in [4.78, 5) is 0. The average Bonchev–Trinajstić information content (AvgIpc) is 2.04. The van der Waals surface area contributed by atoms with Crippen molar-refractivity contribution in [3.05, 3.63) is 11.3 Å². The summed E-state index contributed by atoms with van der Waals surface area (Å²) in [6.45, 7) is 0.149. The Kier molecular flexibility index (Phi) is 3.09. The van der Waals surface area contributed by atoms with Crippen LogP contribution in [0.2, 0.25) is 0 Å². The van der Waals surface area contributed by atoms with Gasteiger partial charge in [-0.15, -0.1) is 0 Å². The molecule has 0 aromatic rings. The molecule has 0 bridgehead atoms. The zero-order valence-electron chi connectivity index (χ0n) is 6.09. The van der Waals surface area contributed by atoms with Crippen molar-refractivity contribution in [1.29, 1.82) is 0 Å². The van der Waals surface area contributed by atoms with Gasteiger partial charge in [-0.2, -0.15) is 11.8 Å². The number of rotatable bonds is 2. The second-order valence-electron chi connectivity index (χ2n) is 2.19. The Hall–Kier alpha value is -0.150. The lowest BCUT2D eigenvalue weighted by atomic mass is 10.2. The van der Waals surface area contributed by atoms with Crippen LogP contribution >= 0.6 is 11.8 Å². The van der Waals surface area contributed by atoms with Crippen molar-refractivity contribution in [3.8, 4) is 0 Å². The van der Waals surface area contributed by atoms with E-state index in [4.69, 9.17) is 9.84 Å². The summed E-state index contributed by atoms with van der Waals surface area (Å²) in [5, 5.41) is 8.84. The van der Waals surface area contributed by atoms with E-state index in [1.165, 1.54) is 0 Å². The van der Waals surface area contributed by atoms with Gasteiger partial charge in [0.25, 0.3) is 0 Å². The Labute approximate surface area is 65.3 Å². The van der Waals surface area contributed by atoms with Gasteiger partial charge >= 0.3 is 0 Å². The molecular formula is C7H12O2S. The predicted octanol–water partition coefficient (Wildman–Crippen LogP) is 1.02. The summed E-state index contributed by atoms with van der Waals surface area (Å²) < 4.78 is 5.10. The number of thioether (sulfide) groups is 1. The molecule has 0 radical (unpaired) electrons. The molecule has 0 saturated heterocycles. The zero-order chi connectivity index (χ0) is 7.40. The highest BCUT2D eigenvalue weighted by atomic mass is 32.2. The maximum Gasteiger partial charge on any atom is 0.0986 e. The third-order valence-electron chi connectivity index (χ3n) is 1.58. The molecule has 0 aliphatic carbocycles. The van der Waals surface area contributed by atoms with Crippen LogP contribution in [-0.4, -0.2) is 30.3 Å². The van der Waals surface area contributed by atoms with Crippen molar-refractivity contribution in [3.63, 3.8) is 0 Å². The van der Waals surface area contributed by atoms with E-state index in [0.717, 1.165) is 29.3 Å². The fourth-order valence-corrected chi connectivity index (χ4v) is 1.97. The molecule has 2 nitrogen and oxygen atoms in total. The topological polar surface area (TPSA) is 29.5 Å². The first-order chi connectivity index (χ1) is 4.88. The number of hydrogen-bond donors (Lipinski definition) is 1. The van der Waals surface area contributed by atoms with Crippen LogP contribution in [0.4, 0.5) is 0 Å². The SMILES string of the molecule is COC1=C(CO)CSCC1. The highest BCUT2D eigenvalue weighted by Gasteiger charge is 2.11. The highest BCUT2D eigenvalue weighted by Crippen LogP contribution is 2.23. The quantitative estimate of drug-likeness (QED) is 0.654. The monoisotopic (exact) mass is 160 g/mol. The fraction of sp³-hybridized carbons (Fsp3) is 0.714. The van der Waals surface area contributed by atoms with Gasteiger partial charge < -0.3 is 9.84 Å². The van der Waals surface area contributed by atoms with E-state index in [0.29, 0.717) is 0 Å². The molecular weight excluding hydrogens is 148 g/mol. The van der Waals surface area contributed by atoms with Crippen molar-refractivity contribution in [2.75, 3.05) is 25.2 Å². The largest absolute Gasteiger partial charge is 0.501 e. The Morgan fingerprint density at radius 3 is 3.00 bits per heavy atom. The minimum Gasteiger partial charge on any atom is -0.501 e. The minimum atomic E-state index is 0.149. The fourth-order valence-electron chi connectivity index (χ4n) is 0.998. The van der Waals surface area contributed by atoms with E-state index in [-0.39, 0.29) is 6.61 Å². The Morgan fingerprint density at radius 1 is 1.70 bits per heavy atom. The van der Waals surface area contributed by atoms with E-state index < -0.39 is 0 Å². The molecule has 1 rings (SSSR count). The van der Waals surface area contributed by atoms with E-state index in [9.17, 15) is 0 Å². The van der Waals surface area contributed by atoms with Gasteiger partial charge in [-0.05, 0) is 0 Å². The maximum absolute atomic E-state index is 8.84. The van der Waals surface area contributed by atoms with Crippen LogP contribution in [0.15, 0.2) is 11.3 Å². The van der Waals surface area contributed by atoms with Gasteiger partial charge in [-0.3, -0.25) is 0 Å². The molecule has 0 saturated carbocycles. The molecule has 3 heteroatoms. The van der Waals surface area contributed by atoms with E-state index in [1.54, 1.807) is 7.11 Å². The van der Waals surface area contributed by atoms with Crippen molar-refractivity contribution in [2.24, 2.45) is 0 Å². The third-order valence-corrected chi connectivity index (χ3v) is 2.63. The predicted molar refractivity (Wildman–Crippen MR) is 43.1 cm³/mol. The van der Waals surface area contributed by atoms with E-state index in [1.807, 2.05) is 11.8 Å². The van der Waals surface area contributed by atoms with Crippen molar-refractivity contribution in [2.45, 2.75) is 6.42 Å². The highest BCUT2D eigenvalue weighted by molar-refractivity contribution is 7.99. The lowest BCUT2D eigenvalue weighted by Gasteiger charge is -2.16. The molecule has 0 aromatic heterocycles. The summed E-state index contributed by atoms with van der Waals surface area (Å²) >= 11 is 1.85. The summed E-state index contributed by atoms with van der Waals surface area (Å²) in [7, 11) is 1.67. The number of aliphatic hydroxyl groups is 1.